The molecule has 1 N–H and O–H groups in total. The third-order valence-corrected chi connectivity index (χ3v) is 5.37. The van der Waals surface area contributed by atoms with E-state index in [1.165, 1.54) is 4.57 Å². The monoisotopic (exact) mass is 519 g/mol. The summed E-state index contributed by atoms with van der Waals surface area (Å²) in [6, 6.07) is 0. The van der Waals surface area contributed by atoms with Gasteiger partial charge in [-0.3, -0.25) is 14.2 Å². The normalized spacial score (nSPS) is 22.4. The molecule has 1 fully saturated rings. The summed E-state index contributed by atoms with van der Waals surface area (Å²) in [5.41, 5.74) is -1.75. The van der Waals surface area contributed by atoms with Gasteiger partial charge in [0.1, 0.15) is 12.3 Å². The molecule has 0 aliphatic carbocycles. The number of amides is 1. The van der Waals surface area contributed by atoms with E-state index in [2.05, 4.69) is 10.3 Å². The average Bonchev–Trinajstić information content (AvgIpc) is 2.98. The number of nitrogens with one attached hydrogen (secondary N) is 1. The lowest BCUT2D eigenvalue weighted by Crippen LogP contribution is -2.32. The zero-order chi connectivity index (χ0) is 22.1. The minimum Gasteiger partial charge on any atom is -0.459 e. The standard InChI is InChI=1S/C20H30IN3O5/c1-8-12-13(29-17(26)20(5,6)7)9-14(28-12)24-10-11(21)15(23-18(24)27)22-16(25)19(2,3)4/h10,12-14H,8-9H2,1-7H3,(H,22,23,25,27)/t12-,13+,14-/m1/s1. The maximum absolute atomic E-state index is 12.6. The molecule has 0 spiro atoms. The van der Waals surface area contributed by atoms with E-state index in [1.54, 1.807) is 47.7 Å². The lowest BCUT2D eigenvalue weighted by Gasteiger charge is -2.22. The van der Waals surface area contributed by atoms with Crippen molar-refractivity contribution in [2.75, 3.05) is 5.32 Å². The van der Waals surface area contributed by atoms with Crippen molar-refractivity contribution in [2.45, 2.75) is 79.7 Å². The van der Waals surface area contributed by atoms with Crippen molar-refractivity contribution in [3.05, 3.63) is 20.3 Å². The van der Waals surface area contributed by atoms with Crippen LogP contribution in [0.4, 0.5) is 5.82 Å². The van der Waals surface area contributed by atoms with Gasteiger partial charge < -0.3 is 14.8 Å². The second kappa shape index (κ2) is 8.71. The number of ether oxygens (including phenoxy) is 2. The van der Waals surface area contributed by atoms with Crippen molar-refractivity contribution in [1.82, 2.24) is 9.55 Å². The van der Waals surface area contributed by atoms with E-state index in [-0.39, 0.29) is 23.8 Å². The molecule has 0 bridgehead atoms. The van der Waals surface area contributed by atoms with Crippen molar-refractivity contribution < 1.29 is 19.1 Å². The van der Waals surface area contributed by atoms with Gasteiger partial charge in [-0.25, -0.2) is 4.79 Å². The summed E-state index contributed by atoms with van der Waals surface area (Å²) in [5.74, 6) is -0.296. The van der Waals surface area contributed by atoms with Crippen LogP contribution in [0.5, 0.6) is 0 Å². The first-order valence-electron chi connectivity index (χ1n) is 9.70. The summed E-state index contributed by atoms with van der Waals surface area (Å²) in [6.07, 6.45) is 1.32. The van der Waals surface area contributed by atoms with Gasteiger partial charge in [0, 0.05) is 18.0 Å². The highest BCUT2D eigenvalue weighted by molar-refractivity contribution is 14.1. The Morgan fingerprint density at radius 3 is 2.41 bits per heavy atom. The number of carbonyl (C=O) groups excluding carboxylic acids is 2. The fraction of sp³-hybridized carbons (Fsp3) is 0.700. The van der Waals surface area contributed by atoms with E-state index >= 15 is 0 Å². The minimum atomic E-state index is -0.614. The molecule has 0 aromatic carbocycles. The van der Waals surface area contributed by atoms with E-state index in [9.17, 15) is 14.4 Å². The van der Waals surface area contributed by atoms with Gasteiger partial charge in [0.05, 0.1) is 15.1 Å². The zero-order valence-corrected chi connectivity index (χ0v) is 20.2. The largest absolute Gasteiger partial charge is 0.459 e. The highest BCUT2D eigenvalue weighted by atomic mass is 127. The minimum absolute atomic E-state index is 0.225. The van der Waals surface area contributed by atoms with Crippen LogP contribution in [0.3, 0.4) is 0 Å². The molecular weight excluding hydrogens is 489 g/mol. The summed E-state index contributed by atoms with van der Waals surface area (Å²) in [6.45, 7) is 12.7. The van der Waals surface area contributed by atoms with Gasteiger partial charge in [-0.2, -0.15) is 4.98 Å². The molecule has 2 rings (SSSR count). The van der Waals surface area contributed by atoms with E-state index in [0.717, 1.165) is 0 Å². The van der Waals surface area contributed by atoms with Gasteiger partial charge >= 0.3 is 11.7 Å². The number of hydrogen-bond donors (Lipinski definition) is 1. The number of rotatable bonds is 4. The van der Waals surface area contributed by atoms with Gasteiger partial charge in [0.25, 0.3) is 0 Å². The van der Waals surface area contributed by atoms with E-state index < -0.39 is 28.9 Å². The number of esters is 1. The summed E-state index contributed by atoms with van der Waals surface area (Å²) in [5, 5.41) is 2.70. The Morgan fingerprint density at radius 2 is 1.90 bits per heavy atom. The number of hydrogen-bond acceptors (Lipinski definition) is 6. The lowest BCUT2D eigenvalue weighted by molar-refractivity contribution is -0.161. The lowest BCUT2D eigenvalue weighted by atomic mass is 9.96. The Bertz CT molecular complexity index is 838. The summed E-state index contributed by atoms with van der Waals surface area (Å²) >= 11 is 2.02. The van der Waals surface area contributed by atoms with Crippen molar-refractivity contribution >= 4 is 40.3 Å². The Labute approximate surface area is 184 Å². The Morgan fingerprint density at radius 1 is 1.28 bits per heavy atom. The molecular formula is C20H30IN3O5. The predicted octanol–water partition coefficient (Wildman–Crippen LogP) is 3.49. The van der Waals surface area contributed by atoms with Crippen LogP contribution in [0.1, 0.15) is 67.5 Å². The number of nitrogens with zero attached hydrogens (tertiary/aromatic N) is 2. The molecule has 9 heteroatoms. The SMILES string of the molecule is CC[C@H]1O[C@@H](n2cc(I)c(NC(=O)C(C)(C)C)nc2=O)C[C@@H]1OC(=O)C(C)(C)C. The van der Waals surface area contributed by atoms with Crippen LogP contribution in [-0.4, -0.2) is 33.6 Å². The second-order valence-electron chi connectivity index (χ2n) is 9.30. The van der Waals surface area contributed by atoms with Crippen LogP contribution in [-0.2, 0) is 19.1 Å². The van der Waals surface area contributed by atoms with Crippen LogP contribution in [0, 0.1) is 14.4 Å². The third-order valence-electron chi connectivity index (χ3n) is 4.58. The van der Waals surface area contributed by atoms with Crippen molar-refractivity contribution in [1.29, 1.82) is 0 Å². The molecule has 29 heavy (non-hydrogen) atoms. The Balaban J connectivity index is 2.22. The van der Waals surface area contributed by atoms with Crippen LogP contribution in [0.2, 0.25) is 0 Å². The van der Waals surface area contributed by atoms with Gasteiger partial charge in [0.15, 0.2) is 5.82 Å². The molecule has 2 heterocycles. The molecule has 3 atom stereocenters. The van der Waals surface area contributed by atoms with Gasteiger partial charge in [0.2, 0.25) is 5.91 Å². The zero-order valence-electron chi connectivity index (χ0n) is 18.0. The molecule has 1 aromatic heterocycles. The first-order valence-corrected chi connectivity index (χ1v) is 10.8. The average molecular weight is 519 g/mol. The number of aromatic nitrogens is 2. The summed E-state index contributed by atoms with van der Waals surface area (Å²) in [4.78, 5) is 41.1. The highest BCUT2D eigenvalue weighted by Gasteiger charge is 2.40. The predicted molar refractivity (Wildman–Crippen MR) is 117 cm³/mol. The van der Waals surface area contributed by atoms with Gasteiger partial charge in [-0.05, 0) is 49.8 Å². The molecule has 1 saturated heterocycles. The first kappa shape index (κ1) is 23.8. The smallest absolute Gasteiger partial charge is 0.351 e. The number of halogens is 1. The maximum atomic E-state index is 12.6. The van der Waals surface area contributed by atoms with E-state index in [0.29, 0.717) is 16.4 Å². The van der Waals surface area contributed by atoms with Gasteiger partial charge in [-0.15, -0.1) is 0 Å². The molecule has 1 aromatic rings. The number of carbonyl (C=O) groups is 2. The molecule has 8 nitrogen and oxygen atoms in total. The molecule has 0 unspecified atom stereocenters. The van der Waals surface area contributed by atoms with E-state index in [4.69, 9.17) is 9.47 Å². The second-order valence-corrected chi connectivity index (χ2v) is 10.5. The molecule has 1 amide bonds. The van der Waals surface area contributed by atoms with Crippen LogP contribution >= 0.6 is 22.6 Å². The van der Waals surface area contributed by atoms with Crippen molar-refractivity contribution in [3.63, 3.8) is 0 Å². The molecule has 1 aliphatic rings. The summed E-state index contributed by atoms with van der Waals surface area (Å²) < 4.78 is 13.7. The first-order chi connectivity index (χ1) is 13.2. The fourth-order valence-electron chi connectivity index (χ4n) is 2.71. The molecule has 162 valence electrons. The highest BCUT2D eigenvalue weighted by Crippen LogP contribution is 2.33. The van der Waals surface area contributed by atoms with Crippen molar-refractivity contribution in [3.8, 4) is 0 Å². The fourth-order valence-corrected chi connectivity index (χ4v) is 3.26. The van der Waals surface area contributed by atoms with E-state index in [1.807, 2.05) is 29.5 Å². The van der Waals surface area contributed by atoms with Crippen LogP contribution in [0.15, 0.2) is 11.0 Å². The molecule has 1 aliphatic heterocycles. The van der Waals surface area contributed by atoms with Crippen molar-refractivity contribution in [2.24, 2.45) is 10.8 Å². The third kappa shape index (κ3) is 5.78. The Hall–Kier alpha value is -1.49. The summed E-state index contributed by atoms with van der Waals surface area (Å²) in [7, 11) is 0. The molecule has 0 saturated carbocycles. The van der Waals surface area contributed by atoms with Gasteiger partial charge in [-0.1, -0.05) is 27.7 Å². The Kier molecular flexibility index (Phi) is 7.14. The topological polar surface area (TPSA) is 99.5 Å². The maximum Gasteiger partial charge on any atom is 0.351 e. The van der Waals surface area contributed by atoms with Crippen LogP contribution in [0.25, 0.3) is 0 Å². The quantitative estimate of drug-likeness (QED) is 0.483. The van der Waals surface area contributed by atoms with Crippen LogP contribution < -0.4 is 11.0 Å². The molecule has 0 radical (unpaired) electrons. The number of anilines is 1.